The van der Waals surface area contributed by atoms with E-state index in [0.717, 1.165) is 15.6 Å². The Labute approximate surface area is 227 Å². The molecule has 5 nitrogen and oxygen atoms in total. The average Bonchev–Trinajstić information content (AvgIpc) is 2.86. The van der Waals surface area contributed by atoms with E-state index in [1.807, 2.05) is 55.5 Å². The van der Waals surface area contributed by atoms with E-state index in [1.165, 1.54) is 11.0 Å². The molecule has 196 valence electrons. The fraction of sp³-hybridized carbons (Fsp3) is 0.333. The monoisotopic (exact) mass is 568 g/mol. The molecule has 3 aromatic rings. The lowest BCUT2D eigenvalue weighted by molar-refractivity contribution is -0.142. The summed E-state index contributed by atoms with van der Waals surface area (Å²) >= 11 is 3.54. The Morgan fingerprint density at radius 2 is 1.70 bits per heavy atom. The van der Waals surface area contributed by atoms with Crippen LogP contribution in [-0.4, -0.2) is 35.9 Å². The van der Waals surface area contributed by atoms with Gasteiger partial charge in [0.1, 0.15) is 17.6 Å². The minimum absolute atomic E-state index is 0.0370. The highest BCUT2D eigenvalue weighted by Gasteiger charge is 2.31. The van der Waals surface area contributed by atoms with Gasteiger partial charge < -0.3 is 15.0 Å². The number of halogens is 2. The summed E-state index contributed by atoms with van der Waals surface area (Å²) in [5.41, 5.74) is 2.31. The number of benzene rings is 3. The molecule has 7 heteroatoms. The quantitative estimate of drug-likeness (QED) is 0.324. The fourth-order valence-electron chi connectivity index (χ4n) is 3.96. The number of rotatable bonds is 10. The van der Waals surface area contributed by atoms with Crippen LogP contribution in [0.3, 0.4) is 0 Å². The Morgan fingerprint density at radius 1 is 1.03 bits per heavy atom. The molecule has 1 N–H and O–H groups in total. The Kier molecular flexibility index (Phi) is 9.86. The summed E-state index contributed by atoms with van der Waals surface area (Å²) in [6.07, 6.45) is 0.289. The number of carbonyl (C=O) groups excluding carboxylic acids is 2. The van der Waals surface area contributed by atoms with Gasteiger partial charge in [0.25, 0.3) is 5.91 Å². The van der Waals surface area contributed by atoms with Crippen LogP contribution in [0, 0.1) is 5.82 Å². The lowest BCUT2D eigenvalue weighted by Crippen LogP contribution is -2.51. The molecule has 1 atom stereocenters. The molecule has 0 saturated carbocycles. The molecule has 3 aromatic carbocycles. The average molecular weight is 570 g/mol. The van der Waals surface area contributed by atoms with Crippen molar-refractivity contribution in [3.8, 4) is 5.75 Å². The summed E-state index contributed by atoms with van der Waals surface area (Å²) in [5.74, 6) is -0.630. The van der Waals surface area contributed by atoms with Crippen molar-refractivity contribution in [1.29, 1.82) is 0 Å². The van der Waals surface area contributed by atoms with Gasteiger partial charge in [-0.3, -0.25) is 9.59 Å². The molecule has 0 aliphatic heterocycles. The van der Waals surface area contributed by atoms with Crippen molar-refractivity contribution < 1.29 is 18.7 Å². The maximum absolute atomic E-state index is 14.6. The minimum atomic E-state index is -0.843. The zero-order valence-corrected chi connectivity index (χ0v) is 23.3. The van der Waals surface area contributed by atoms with Crippen LogP contribution in [0.15, 0.2) is 77.3 Å². The van der Waals surface area contributed by atoms with Crippen molar-refractivity contribution in [2.24, 2.45) is 0 Å². The van der Waals surface area contributed by atoms with Crippen LogP contribution in [0.1, 0.15) is 44.4 Å². The summed E-state index contributed by atoms with van der Waals surface area (Å²) in [7, 11) is 0. The predicted octanol–water partition coefficient (Wildman–Crippen LogP) is 6.04. The smallest absolute Gasteiger partial charge is 0.261 e. The highest BCUT2D eigenvalue weighted by Crippen LogP contribution is 2.31. The largest absolute Gasteiger partial charge is 0.483 e. The molecule has 0 saturated heterocycles. The molecule has 0 fully saturated rings. The van der Waals surface area contributed by atoms with Crippen LogP contribution in [0.4, 0.5) is 4.39 Å². The first-order valence-electron chi connectivity index (χ1n) is 12.4. The third-order valence-corrected chi connectivity index (χ3v) is 6.69. The van der Waals surface area contributed by atoms with Crippen molar-refractivity contribution in [2.75, 3.05) is 13.2 Å². The second kappa shape index (κ2) is 12.9. The minimum Gasteiger partial charge on any atom is -0.483 e. The zero-order valence-electron chi connectivity index (χ0n) is 21.8. The van der Waals surface area contributed by atoms with E-state index in [4.69, 9.17) is 4.74 Å². The first kappa shape index (κ1) is 28.4. The molecule has 0 unspecified atom stereocenters. The number of hydrogen-bond donors (Lipinski definition) is 1. The molecule has 0 aliphatic carbocycles. The third-order valence-electron chi connectivity index (χ3n) is 6.07. The van der Waals surface area contributed by atoms with Gasteiger partial charge in [-0.05, 0) is 57.6 Å². The number of nitrogens with zero attached hydrogens (tertiary/aromatic N) is 1. The normalized spacial score (nSPS) is 12.1. The van der Waals surface area contributed by atoms with Gasteiger partial charge in [-0.1, -0.05) is 75.4 Å². The van der Waals surface area contributed by atoms with E-state index in [0.29, 0.717) is 17.9 Å². The molecule has 0 radical (unpaired) electrons. The van der Waals surface area contributed by atoms with Gasteiger partial charge in [-0.2, -0.15) is 0 Å². The fourth-order valence-corrected chi connectivity index (χ4v) is 4.46. The Bertz CT molecular complexity index is 1210. The van der Waals surface area contributed by atoms with Gasteiger partial charge in [0.15, 0.2) is 6.61 Å². The maximum Gasteiger partial charge on any atom is 0.261 e. The van der Waals surface area contributed by atoms with Gasteiger partial charge in [0.2, 0.25) is 5.91 Å². The first-order chi connectivity index (χ1) is 17.6. The molecule has 37 heavy (non-hydrogen) atoms. The van der Waals surface area contributed by atoms with E-state index in [1.54, 1.807) is 18.2 Å². The molecular formula is C30H34BrFN2O3. The highest BCUT2D eigenvalue weighted by molar-refractivity contribution is 9.10. The number of hydrogen-bond acceptors (Lipinski definition) is 3. The van der Waals surface area contributed by atoms with Crippen molar-refractivity contribution in [3.63, 3.8) is 0 Å². The van der Waals surface area contributed by atoms with E-state index in [2.05, 4.69) is 42.0 Å². The van der Waals surface area contributed by atoms with Gasteiger partial charge in [0, 0.05) is 25.1 Å². The predicted molar refractivity (Wildman–Crippen MR) is 148 cm³/mol. The topological polar surface area (TPSA) is 58.6 Å². The molecule has 0 heterocycles. The zero-order chi connectivity index (χ0) is 27.0. The van der Waals surface area contributed by atoms with Crippen molar-refractivity contribution in [1.82, 2.24) is 10.2 Å². The molecule has 0 aliphatic rings. The van der Waals surface area contributed by atoms with Crippen LogP contribution in [0.5, 0.6) is 5.75 Å². The van der Waals surface area contributed by atoms with E-state index in [9.17, 15) is 14.0 Å². The number of nitrogens with one attached hydrogen (secondary N) is 1. The highest BCUT2D eigenvalue weighted by atomic mass is 79.9. The Morgan fingerprint density at radius 3 is 2.32 bits per heavy atom. The van der Waals surface area contributed by atoms with Crippen molar-refractivity contribution >= 4 is 27.7 Å². The summed E-state index contributed by atoms with van der Waals surface area (Å²) in [6, 6.07) is 20.7. The van der Waals surface area contributed by atoms with Crippen LogP contribution in [0.2, 0.25) is 0 Å². The standard InChI is InChI=1S/C30H34BrFN2O3/c1-5-33-29(36)26(17-21-11-7-6-8-12-21)34(19-22-13-9-10-14-25(22)32)28(35)20-37-27-16-15-23(18-24(27)31)30(2,3)4/h6-16,18,26H,5,17,19-20H2,1-4H3,(H,33,36)/t26-/m0/s1. The van der Waals surface area contributed by atoms with Crippen LogP contribution >= 0.6 is 15.9 Å². The Hall–Kier alpha value is -3.19. The van der Waals surface area contributed by atoms with Gasteiger partial charge in [-0.15, -0.1) is 0 Å². The second-order valence-electron chi connectivity index (χ2n) is 9.90. The maximum atomic E-state index is 14.6. The van der Waals surface area contributed by atoms with Crippen LogP contribution in [-0.2, 0) is 28.0 Å². The molecule has 0 aromatic heterocycles. The van der Waals surface area contributed by atoms with Gasteiger partial charge in [0.05, 0.1) is 4.47 Å². The lowest BCUT2D eigenvalue weighted by atomic mass is 9.87. The van der Waals surface area contributed by atoms with Crippen LogP contribution in [0.25, 0.3) is 0 Å². The summed E-state index contributed by atoms with van der Waals surface area (Å²) in [4.78, 5) is 28.2. The molecule has 0 bridgehead atoms. The number of ether oxygens (including phenoxy) is 1. The molecular weight excluding hydrogens is 535 g/mol. The first-order valence-corrected chi connectivity index (χ1v) is 13.2. The van der Waals surface area contributed by atoms with Crippen molar-refractivity contribution in [3.05, 3.63) is 99.8 Å². The van der Waals surface area contributed by atoms with E-state index >= 15 is 0 Å². The SMILES string of the molecule is CCNC(=O)[C@H](Cc1ccccc1)N(Cc1ccccc1F)C(=O)COc1ccc(C(C)(C)C)cc1Br. The summed E-state index contributed by atoms with van der Waals surface area (Å²) < 4.78 is 21.2. The molecule has 2 amide bonds. The molecule has 3 rings (SSSR count). The number of carbonyl (C=O) groups is 2. The summed E-state index contributed by atoms with van der Waals surface area (Å²) in [6.45, 7) is 8.23. The molecule has 0 spiro atoms. The van der Waals surface area contributed by atoms with Crippen molar-refractivity contribution in [2.45, 2.75) is 52.1 Å². The Balaban J connectivity index is 1.90. The van der Waals surface area contributed by atoms with E-state index in [-0.39, 0.29) is 30.9 Å². The van der Waals surface area contributed by atoms with E-state index < -0.39 is 17.8 Å². The second-order valence-corrected chi connectivity index (χ2v) is 10.8. The van der Waals surface area contributed by atoms with Crippen LogP contribution < -0.4 is 10.1 Å². The number of likely N-dealkylation sites (N-methyl/N-ethyl adjacent to an activating group) is 1. The number of amides is 2. The third kappa shape index (κ3) is 7.89. The lowest BCUT2D eigenvalue weighted by Gasteiger charge is -2.31. The van der Waals surface area contributed by atoms with Gasteiger partial charge in [-0.25, -0.2) is 4.39 Å². The van der Waals surface area contributed by atoms with Gasteiger partial charge >= 0.3 is 0 Å². The summed E-state index contributed by atoms with van der Waals surface area (Å²) in [5, 5.41) is 2.83.